The zero-order valence-corrected chi connectivity index (χ0v) is 14.4. The summed E-state index contributed by atoms with van der Waals surface area (Å²) in [6.45, 7) is 0. The summed E-state index contributed by atoms with van der Waals surface area (Å²) >= 11 is 12.3. The van der Waals surface area contributed by atoms with E-state index >= 15 is 0 Å². The summed E-state index contributed by atoms with van der Waals surface area (Å²) in [6.07, 6.45) is 1.43. The molecule has 1 amide bonds. The van der Waals surface area contributed by atoms with Crippen molar-refractivity contribution in [1.82, 2.24) is 5.43 Å². The number of hydrazone groups is 1. The second kappa shape index (κ2) is 7.06. The van der Waals surface area contributed by atoms with Crippen LogP contribution in [0.5, 0.6) is 5.75 Å². The third-order valence-electron chi connectivity index (χ3n) is 2.54. The fourth-order valence-corrected chi connectivity index (χ4v) is 2.70. The summed E-state index contributed by atoms with van der Waals surface area (Å²) in [5.41, 5.74) is 3.49. The first-order chi connectivity index (χ1) is 9.97. The number of nitrogens with zero attached hydrogens (tertiary/aromatic N) is 1. The second-order valence-electron chi connectivity index (χ2n) is 4.03. The van der Waals surface area contributed by atoms with Crippen molar-refractivity contribution in [2.24, 2.45) is 5.10 Å². The van der Waals surface area contributed by atoms with Gasteiger partial charge in [-0.25, -0.2) is 5.43 Å². The van der Waals surface area contributed by atoms with Crippen molar-refractivity contribution in [2.45, 2.75) is 0 Å². The van der Waals surface area contributed by atoms with Crippen molar-refractivity contribution in [3.05, 3.63) is 61.5 Å². The number of carbonyl (C=O) groups is 1. The average molecular weight is 432 g/mol. The molecule has 0 fully saturated rings. The van der Waals surface area contributed by atoms with Crippen LogP contribution in [0.3, 0.4) is 0 Å². The summed E-state index contributed by atoms with van der Waals surface area (Å²) < 4.78 is 1.30. The molecule has 0 aliphatic heterocycles. The van der Waals surface area contributed by atoms with Crippen molar-refractivity contribution < 1.29 is 9.90 Å². The molecule has 0 atom stereocenters. The molecule has 0 aliphatic rings. The van der Waals surface area contributed by atoms with E-state index in [9.17, 15) is 9.90 Å². The number of phenols is 1. The molecule has 0 saturated carbocycles. The van der Waals surface area contributed by atoms with Gasteiger partial charge in [0.15, 0.2) is 0 Å². The number of nitrogens with one attached hydrogen (secondary N) is 1. The van der Waals surface area contributed by atoms with E-state index in [2.05, 4.69) is 42.4 Å². The van der Waals surface area contributed by atoms with Gasteiger partial charge in [-0.1, -0.05) is 27.5 Å². The Morgan fingerprint density at radius 3 is 2.52 bits per heavy atom. The number of halogens is 3. The molecule has 4 nitrogen and oxygen atoms in total. The van der Waals surface area contributed by atoms with Crippen LogP contribution >= 0.6 is 43.5 Å². The highest BCUT2D eigenvalue weighted by atomic mass is 79.9. The first-order valence-corrected chi connectivity index (χ1v) is 7.71. The summed E-state index contributed by atoms with van der Waals surface area (Å²) in [5.74, 6) is -0.260. The molecule has 0 aliphatic carbocycles. The number of rotatable bonds is 3. The summed E-state index contributed by atoms with van der Waals surface area (Å²) in [6, 6.07) is 9.68. The van der Waals surface area contributed by atoms with Crippen LogP contribution in [0.15, 0.2) is 50.4 Å². The van der Waals surface area contributed by atoms with Gasteiger partial charge >= 0.3 is 0 Å². The van der Waals surface area contributed by atoms with Crippen LogP contribution in [0, 0.1) is 0 Å². The van der Waals surface area contributed by atoms with E-state index in [0.29, 0.717) is 20.6 Å². The van der Waals surface area contributed by atoms with Crippen LogP contribution < -0.4 is 5.43 Å². The minimum absolute atomic E-state index is 0.0867. The molecule has 0 saturated heterocycles. The van der Waals surface area contributed by atoms with E-state index in [1.165, 1.54) is 12.3 Å². The lowest BCUT2D eigenvalue weighted by molar-refractivity contribution is 0.0955. The van der Waals surface area contributed by atoms with Gasteiger partial charge in [-0.3, -0.25) is 4.79 Å². The SMILES string of the molecule is O=C(N/N=C/c1cc(O)c(Br)cc1Br)c1ccc(Cl)cc1. The Morgan fingerprint density at radius 1 is 1.19 bits per heavy atom. The maximum Gasteiger partial charge on any atom is 0.271 e. The highest BCUT2D eigenvalue weighted by molar-refractivity contribution is 9.11. The van der Waals surface area contributed by atoms with Crippen LogP contribution in [0.1, 0.15) is 15.9 Å². The molecule has 0 spiro atoms. The number of hydrogen-bond donors (Lipinski definition) is 2. The highest BCUT2D eigenvalue weighted by Gasteiger charge is 2.05. The third-order valence-corrected chi connectivity index (χ3v) is 4.12. The number of carbonyl (C=O) groups excluding carboxylic acids is 1. The van der Waals surface area contributed by atoms with E-state index in [1.807, 2.05) is 0 Å². The molecule has 108 valence electrons. The molecular weight excluding hydrogens is 423 g/mol. The Balaban J connectivity index is 2.07. The molecular formula is C14H9Br2ClN2O2. The predicted octanol–water partition coefficient (Wildman–Crippen LogP) is 4.33. The van der Waals surface area contributed by atoms with Crippen molar-refractivity contribution >= 4 is 55.6 Å². The molecule has 2 aromatic rings. The maximum atomic E-state index is 11.8. The van der Waals surface area contributed by atoms with E-state index in [4.69, 9.17) is 11.6 Å². The second-order valence-corrected chi connectivity index (χ2v) is 6.18. The van der Waals surface area contributed by atoms with Gasteiger partial charge in [-0.15, -0.1) is 0 Å². The molecule has 2 aromatic carbocycles. The van der Waals surface area contributed by atoms with Crippen LogP contribution in [0.25, 0.3) is 0 Å². The van der Waals surface area contributed by atoms with Crippen molar-refractivity contribution in [3.8, 4) is 5.75 Å². The molecule has 0 bridgehead atoms. The van der Waals surface area contributed by atoms with E-state index in [1.54, 1.807) is 30.3 Å². The molecule has 0 aromatic heterocycles. The van der Waals surface area contributed by atoms with E-state index < -0.39 is 0 Å². The third kappa shape index (κ3) is 4.30. The quantitative estimate of drug-likeness (QED) is 0.560. The first-order valence-electron chi connectivity index (χ1n) is 5.74. The van der Waals surface area contributed by atoms with Crippen LogP contribution in [-0.4, -0.2) is 17.2 Å². The minimum Gasteiger partial charge on any atom is -0.507 e. The molecule has 2 rings (SSSR count). The lowest BCUT2D eigenvalue weighted by Gasteiger charge is -2.03. The summed E-state index contributed by atoms with van der Waals surface area (Å²) in [7, 11) is 0. The molecule has 7 heteroatoms. The van der Waals surface area contributed by atoms with Gasteiger partial charge < -0.3 is 5.11 Å². The highest BCUT2D eigenvalue weighted by Crippen LogP contribution is 2.29. The van der Waals surface area contributed by atoms with Gasteiger partial charge in [0.25, 0.3) is 5.91 Å². The lowest BCUT2D eigenvalue weighted by Crippen LogP contribution is -2.17. The first kappa shape index (κ1) is 16.0. The normalized spacial score (nSPS) is 10.8. The van der Waals surface area contributed by atoms with Gasteiger partial charge in [0.1, 0.15) is 5.75 Å². The Labute approximate surface area is 143 Å². The largest absolute Gasteiger partial charge is 0.507 e. The monoisotopic (exact) mass is 430 g/mol. The minimum atomic E-state index is -0.347. The fourth-order valence-electron chi connectivity index (χ4n) is 1.48. The topological polar surface area (TPSA) is 61.7 Å². The van der Waals surface area contributed by atoms with Gasteiger partial charge in [0.2, 0.25) is 0 Å². The average Bonchev–Trinajstić information content (AvgIpc) is 2.45. The van der Waals surface area contributed by atoms with Gasteiger partial charge in [-0.2, -0.15) is 5.10 Å². The molecule has 0 radical (unpaired) electrons. The molecule has 21 heavy (non-hydrogen) atoms. The zero-order chi connectivity index (χ0) is 15.4. The Morgan fingerprint density at radius 2 is 1.86 bits per heavy atom. The zero-order valence-electron chi connectivity index (χ0n) is 10.5. The van der Waals surface area contributed by atoms with E-state index in [-0.39, 0.29) is 11.7 Å². The Kier molecular flexibility index (Phi) is 5.39. The van der Waals surface area contributed by atoms with E-state index in [0.717, 1.165) is 4.47 Å². The van der Waals surface area contributed by atoms with Gasteiger partial charge in [0, 0.05) is 20.6 Å². The van der Waals surface area contributed by atoms with Crippen molar-refractivity contribution in [1.29, 1.82) is 0 Å². The smallest absolute Gasteiger partial charge is 0.271 e. The number of phenolic OH excluding ortho intramolecular Hbond substituents is 1. The van der Waals surface area contributed by atoms with Crippen molar-refractivity contribution in [3.63, 3.8) is 0 Å². The van der Waals surface area contributed by atoms with Gasteiger partial charge in [-0.05, 0) is 52.3 Å². The molecule has 0 heterocycles. The van der Waals surface area contributed by atoms with Crippen LogP contribution in [0.4, 0.5) is 0 Å². The number of aromatic hydroxyl groups is 1. The summed E-state index contributed by atoms with van der Waals surface area (Å²) in [5, 5.41) is 14.0. The predicted molar refractivity (Wildman–Crippen MR) is 90.0 cm³/mol. The Hall–Kier alpha value is -1.37. The summed E-state index contributed by atoms with van der Waals surface area (Å²) in [4.78, 5) is 11.8. The van der Waals surface area contributed by atoms with Crippen molar-refractivity contribution in [2.75, 3.05) is 0 Å². The van der Waals surface area contributed by atoms with Gasteiger partial charge in [0.05, 0.1) is 10.7 Å². The molecule has 0 unspecified atom stereocenters. The standard InChI is InChI=1S/C14H9Br2ClN2O2/c15-11-6-12(16)13(20)5-9(11)7-18-19-14(21)8-1-3-10(17)4-2-8/h1-7,20H,(H,19,21)/b18-7+. The Bertz CT molecular complexity index is 703. The number of amides is 1. The molecule has 2 N–H and O–H groups in total. The fraction of sp³-hybridized carbons (Fsp3) is 0. The van der Waals surface area contributed by atoms with Crippen LogP contribution in [-0.2, 0) is 0 Å². The lowest BCUT2D eigenvalue weighted by atomic mass is 10.2. The van der Waals surface area contributed by atoms with Crippen LogP contribution in [0.2, 0.25) is 5.02 Å². The number of hydrogen-bond acceptors (Lipinski definition) is 3. The maximum absolute atomic E-state index is 11.8. The number of benzene rings is 2.